The number of nitrogens with one attached hydrogen (secondary N) is 1. The monoisotopic (exact) mass is 211 g/mol. The molecular formula is C9H10BrN. The first-order chi connectivity index (χ1) is 5.38. The molecule has 1 atom stereocenters. The van der Waals surface area contributed by atoms with Crippen molar-refractivity contribution in [3.8, 4) is 0 Å². The maximum Gasteiger partial charge on any atom is 0.0343 e. The number of benzene rings is 1. The first-order valence-corrected chi connectivity index (χ1v) is 4.65. The molecule has 1 fully saturated rings. The van der Waals surface area contributed by atoms with Gasteiger partial charge in [-0.3, -0.25) is 0 Å². The van der Waals surface area contributed by atoms with Gasteiger partial charge in [-0.2, -0.15) is 0 Å². The van der Waals surface area contributed by atoms with E-state index in [4.69, 9.17) is 0 Å². The first kappa shape index (κ1) is 7.32. The Balaban J connectivity index is 2.28. The van der Waals surface area contributed by atoms with Crippen molar-refractivity contribution in [3.05, 3.63) is 34.3 Å². The van der Waals surface area contributed by atoms with Crippen LogP contribution in [0.3, 0.4) is 0 Å². The lowest BCUT2D eigenvalue weighted by Gasteiger charge is -2.28. The molecule has 0 amide bonds. The van der Waals surface area contributed by atoms with E-state index in [2.05, 4.69) is 39.4 Å². The Labute approximate surface area is 74.9 Å². The molecular weight excluding hydrogens is 202 g/mol. The second kappa shape index (κ2) is 2.95. The Hall–Kier alpha value is -0.340. The van der Waals surface area contributed by atoms with Gasteiger partial charge < -0.3 is 5.32 Å². The maximum absolute atomic E-state index is 3.53. The Morgan fingerprint density at radius 2 is 2.09 bits per heavy atom. The zero-order chi connectivity index (χ0) is 7.68. The van der Waals surface area contributed by atoms with Gasteiger partial charge in [0.25, 0.3) is 0 Å². The molecule has 11 heavy (non-hydrogen) atoms. The number of hydrogen-bond acceptors (Lipinski definition) is 1. The minimum Gasteiger partial charge on any atom is -0.310 e. The highest BCUT2D eigenvalue weighted by Crippen LogP contribution is 2.28. The molecule has 0 unspecified atom stereocenters. The van der Waals surface area contributed by atoms with Crippen LogP contribution in [0.15, 0.2) is 28.7 Å². The molecule has 1 saturated heterocycles. The van der Waals surface area contributed by atoms with E-state index >= 15 is 0 Å². The predicted octanol–water partition coefficient (Wildman–Crippen LogP) is 2.48. The average molecular weight is 212 g/mol. The van der Waals surface area contributed by atoms with E-state index in [1.165, 1.54) is 16.5 Å². The summed E-state index contributed by atoms with van der Waals surface area (Å²) in [4.78, 5) is 0. The van der Waals surface area contributed by atoms with Crippen LogP contribution in [0.25, 0.3) is 0 Å². The minimum absolute atomic E-state index is 0.588. The molecule has 1 aromatic carbocycles. The molecule has 1 aliphatic heterocycles. The molecule has 1 nitrogen and oxygen atoms in total. The molecule has 0 bridgehead atoms. The van der Waals surface area contributed by atoms with Crippen LogP contribution in [-0.2, 0) is 0 Å². The van der Waals surface area contributed by atoms with Gasteiger partial charge in [0.05, 0.1) is 0 Å². The summed E-state index contributed by atoms with van der Waals surface area (Å²) < 4.78 is 1.22. The van der Waals surface area contributed by atoms with E-state index in [1.807, 2.05) is 6.07 Å². The van der Waals surface area contributed by atoms with Crippen LogP contribution < -0.4 is 5.32 Å². The molecule has 1 aliphatic rings. The van der Waals surface area contributed by atoms with Crippen molar-refractivity contribution in [1.29, 1.82) is 0 Å². The van der Waals surface area contributed by atoms with Crippen LogP contribution in [0.5, 0.6) is 0 Å². The summed E-state index contributed by atoms with van der Waals surface area (Å²) >= 11 is 3.53. The van der Waals surface area contributed by atoms with Crippen molar-refractivity contribution in [3.63, 3.8) is 0 Å². The SMILES string of the molecule is Brc1ccccc1[C@@H]1CCN1. The van der Waals surface area contributed by atoms with E-state index in [0.717, 1.165) is 6.54 Å². The van der Waals surface area contributed by atoms with Gasteiger partial charge >= 0.3 is 0 Å². The molecule has 1 N–H and O–H groups in total. The van der Waals surface area contributed by atoms with Crippen molar-refractivity contribution in [2.24, 2.45) is 0 Å². The molecule has 1 heterocycles. The average Bonchev–Trinajstić information content (AvgIpc) is 1.90. The van der Waals surface area contributed by atoms with Gasteiger partial charge in [-0.15, -0.1) is 0 Å². The highest BCUT2D eigenvalue weighted by Gasteiger charge is 2.19. The second-order valence-electron chi connectivity index (χ2n) is 2.82. The Morgan fingerprint density at radius 1 is 1.36 bits per heavy atom. The molecule has 0 spiro atoms. The van der Waals surface area contributed by atoms with E-state index in [-0.39, 0.29) is 0 Å². The lowest BCUT2D eigenvalue weighted by Crippen LogP contribution is -2.35. The van der Waals surface area contributed by atoms with E-state index < -0.39 is 0 Å². The number of halogens is 1. The fourth-order valence-corrected chi connectivity index (χ4v) is 1.87. The minimum atomic E-state index is 0.588. The van der Waals surface area contributed by atoms with E-state index in [0.29, 0.717) is 6.04 Å². The number of hydrogen-bond donors (Lipinski definition) is 1. The van der Waals surface area contributed by atoms with Crippen LogP contribution in [0.4, 0.5) is 0 Å². The quantitative estimate of drug-likeness (QED) is 0.753. The summed E-state index contributed by atoms with van der Waals surface area (Å²) in [5.41, 5.74) is 1.39. The lowest BCUT2D eigenvalue weighted by atomic mass is 9.98. The molecule has 0 aliphatic carbocycles. The third-order valence-corrected chi connectivity index (χ3v) is 2.83. The zero-order valence-corrected chi connectivity index (χ0v) is 7.76. The van der Waals surface area contributed by atoms with Crippen molar-refractivity contribution in [2.75, 3.05) is 6.54 Å². The fourth-order valence-electron chi connectivity index (χ4n) is 1.31. The van der Waals surface area contributed by atoms with Gasteiger partial charge in [0.2, 0.25) is 0 Å². The summed E-state index contributed by atoms with van der Waals surface area (Å²) in [6.07, 6.45) is 1.27. The van der Waals surface area contributed by atoms with Crippen molar-refractivity contribution in [1.82, 2.24) is 5.32 Å². The normalized spacial score (nSPS) is 22.8. The predicted molar refractivity (Wildman–Crippen MR) is 49.5 cm³/mol. The first-order valence-electron chi connectivity index (χ1n) is 3.86. The molecule has 0 radical (unpaired) electrons. The summed E-state index contributed by atoms with van der Waals surface area (Å²) in [6.45, 7) is 1.16. The van der Waals surface area contributed by atoms with Crippen LogP contribution in [0.2, 0.25) is 0 Å². The van der Waals surface area contributed by atoms with Gasteiger partial charge in [0, 0.05) is 10.5 Å². The summed E-state index contributed by atoms with van der Waals surface area (Å²) in [7, 11) is 0. The topological polar surface area (TPSA) is 12.0 Å². The molecule has 1 aromatic rings. The summed E-state index contributed by atoms with van der Waals surface area (Å²) in [5.74, 6) is 0. The van der Waals surface area contributed by atoms with E-state index in [1.54, 1.807) is 0 Å². The van der Waals surface area contributed by atoms with Crippen LogP contribution >= 0.6 is 15.9 Å². The summed E-state index contributed by atoms with van der Waals surface area (Å²) in [5, 5.41) is 3.37. The second-order valence-corrected chi connectivity index (χ2v) is 3.67. The molecule has 2 heteroatoms. The van der Waals surface area contributed by atoms with Gasteiger partial charge in [-0.05, 0) is 24.6 Å². The van der Waals surface area contributed by atoms with Crippen LogP contribution in [-0.4, -0.2) is 6.54 Å². The molecule has 2 rings (SSSR count). The van der Waals surface area contributed by atoms with Gasteiger partial charge in [-0.25, -0.2) is 0 Å². The molecule has 0 saturated carbocycles. The third kappa shape index (κ3) is 1.33. The maximum atomic E-state index is 3.53. The smallest absolute Gasteiger partial charge is 0.0343 e. The highest BCUT2D eigenvalue weighted by molar-refractivity contribution is 9.10. The summed E-state index contributed by atoms with van der Waals surface area (Å²) in [6, 6.07) is 8.98. The van der Waals surface area contributed by atoms with Crippen LogP contribution in [0.1, 0.15) is 18.0 Å². The van der Waals surface area contributed by atoms with Crippen molar-refractivity contribution < 1.29 is 0 Å². The fraction of sp³-hybridized carbons (Fsp3) is 0.333. The van der Waals surface area contributed by atoms with Gasteiger partial charge in [-0.1, -0.05) is 34.1 Å². The Kier molecular flexibility index (Phi) is 1.96. The van der Waals surface area contributed by atoms with Gasteiger partial charge in [0.15, 0.2) is 0 Å². The highest BCUT2D eigenvalue weighted by atomic mass is 79.9. The third-order valence-electron chi connectivity index (χ3n) is 2.10. The standard InChI is InChI=1S/C9H10BrN/c10-8-4-2-1-3-7(8)9-5-6-11-9/h1-4,9,11H,5-6H2/t9-/m0/s1. The van der Waals surface area contributed by atoms with Crippen molar-refractivity contribution >= 4 is 15.9 Å². The van der Waals surface area contributed by atoms with E-state index in [9.17, 15) is 0 Å². The Morgan fingerprint density at radius 3 is 2.64 bits per heavy atom. The van der Waals surface area contributed by atoms with Crippen molar-refractivity contribution in [2.45, 2.75) is 12.5 Å². The Bertz CT molecular complexity index is 255. The van der Waals surface area contributed by atoms with Gasteiger partial charge in [0.1, 0.15) is 0 Å². The number of rotatable bonds is 1. The van der Waals surface area contributed by atoms with Crippen LogP contribution in [0, 0.1) is 0 Å². The largest absolute Gasteiger partial charge is 0.310 e. The molecule has 58 valence electrons. The zero-order valence-electron chi connectivity index (χ0n) is 6.18. The molecule has 0 aromatic heterocycles. The lowest BCUT2D eigenvalue weighted by molar-refractivity contribution is 0.382.